The van der Waals surface area contributed by atoms with Crippen LogP contribution in [-0.4, -0.2) is 25.5 Å². The predicted octanol–water partition coefficient (Wildman–Crippen LogP) is 0.215. The van der Waals surface area contributed by atoms with Crippen LogP contribution in [0.2, 0.25) is 0 Å². The Balaban J connectivity index is 3.94. The van der Waals surface area contributed by atoms with E-state index in [4.69, 9.17) is 5.26 Å². The Morgan fingerprint density at radius 1 is 1.57 bits per heavy atom. The van der Waals surface area contributed by atoms with Crippen LogP contribution in [-0.2, 0) is 14.3 Å². The molecule has 0 aromatic rings. The van der Waals surface area contributed by atoms with Gasteiger partial charge in [0, 0.05) is 0 Å². The van der Waals surface area contributed by atoms with Gasteiger partial charge in [0.2, 0.25) is 5.91 Å². The van der Waals surface area contributed by atoms with Crippen LogP contribution in [0.3, 0.4) is 0 Å². The van der Waals surface area contributed by atoms with Crippen molar-refractivity contribution in [3.63, 3.8) is 0 Å². The lowest BCUT2D eigenvalue weighted by Gasteiger charge is -2.07. The molecule has 1 atom stereocenters. The lowest BCUT2D eigenvalue weighted by molar-refractivity contribution is -0.141. The van der Waals surface area contributed by atoms with Crippen LogP contribution in [0.25, 0.3) is 0 Å². The van der Waals surface area contributed by atoms with Gasteiger partial charge in [0.15, 0.2) is 0 Å². The first-order valence-electron chi connectivity index (χ1n) is 4.39. The lowest BCUT2D eigenvalue weighted by Crippen LogP contribution is -2.34. The van der Waals surface area contributed by atoms with Gasteiger partial charge in [-0.3, -0.25) is 9.59 Å². The zero-order valence-corrected chi connectivity index (χ0v) is 8.37. The average molecular weight is 198 g/mol. The lowest BCUT2D eigenvalue weighted by atomic mass is 10.1. The Morgan fingerprint density at radius 2 is 2.21 bits per heavy atom. The maximum atomic E-state index is 11.2. The van der Waals surface area contributed by atoms with Crippen molar-refractivity contribution in [1.82, 2.24) is 5.32 Å². The summed E-state index contributed by atoms with van der Waals surface area (Å²) in [6.45, 7) is 1.70. The fourth-order valence-electron chi connectivity index (χ4n) is 0.898. The van der Waals surface area contributed by atoms with E-state index in [1.165, 1.54) is 7.11 Å². The Kier molecular flexibility index (Phi) is 6.12. The van der Waals surface area contributed by atoms with Gasteiger partial charge in [-0.15, -0.1) is 0 Å². The van der Waals surface area contributed by atoms with E-state index in [2.05, 4.69) is 10.1 Å². The molecule has 0 spiro atoms. The molecule has 5 heteroatoms. The van der Waals surface area contributed by atoms with Crippen molar-refractivity contribution in [2.24, 2.45) is 5.92 Å². The van der Waals surface area contributed by atoms with E-state index in [9.17, 15) is 9.59 Å². The second kappa shape index (κ2) is 6.89. The van der Waals surface area contributed by atoms with Gasteiger partial charge in [-0.25, -0.2) is 0 Å². The van der Waals surface area contributed by atoms with Gasteiger partial charge < -0.3 is 10.1 Å². The fraction of sp³-hybridized carbons (Fsp3) is 0.667. The average Bonchev–Trinajstić information content (AvgIpc) is 2.21. The van der Waals surface area contributed by atoms with Crippen molar-refractivity contribution < 1.29 is 14.3 Å². The molecule has 0 bridgehead atoms. The standard InChI is InChI=1S/C9H14N2O3/c1-3-4-7(5-10)9(13)11-6-8(12)14-2/h7H,3-4,6H2,1-2H3,(H,11,13). The molecule has 0 aliphatic heterocycles. The molecule has 1 unspecified atom stereocenters. The molecule has 0 saturated heterocycles. The highest BCUT2D eigenvalue weighted by Gasteiger charge is 2.16. The van der Waals surface area contributed by atoms with E-state index in [1.54, 1.807) is 0 Å². The summed E-state index contributed by atoms with van der Waals surface area (Å²) in [4.78, 5) is 21.9. The molecule has 0 rings (SSSR count). The van der Waals surface area contributed by atoms with E-state index in [0.717, 1.165) is 6.42 Å². The first-order valence-corrected chi connectivity index (χ1v) is 4.39. The van der Waals surface area contributed by atoms with E-state index < -0.39 is 17.8 Å². The summed E-state index contributed by atoms with van der Waals surface area (Å²) < 4.78 is 4.34. The van der Waals surface area contributed by atoms with Crippen LogP contribution >= 0.6 is 0 Å². The second-order valence-electron chi connectivity index (χ2n) is 2.76. The largest absolute Gasteiger partial charge is 0.468 e. The normalized spacial score (nSPS) is 11.2. The van der Waals surface area contributed by atoms with Crippen molar-refractivity contribution in [2.45, 2.75) is 19.8 Å². The number of carbonyl (C=O) groups is 2. The number of esters is 1. The first-order chi connectivity index (χ1) is 6.65. The molecule has 0 aromatic carbocycles. The van der Waals surface area contributed by atoms with Crippen molar-refractivity contribution in [3.05, 3.63) is 0 Å². The molecule has 78 valence electrons. The smallest absolute Gasteiger partial charge is 0.325 e. The molecule has 1 amide bonds. The van der Waals surface area contributed by atoms with Crippen molar-refractivity contribution in [1.29, 1.82) is 5.26 Å². The third kappa shape index (κ3) is 4.45. The molecule has 14 heavy (non-hydrogen) atoms. The van der Waals surface area contributed by atoms with E-state index in [-0.39, 0.29) is 6.54 Å². The van der Waals surface area contributed by atoms with Crippen LogP contribution in [0.1, 0.15) is 19.8 Å². The van der Waals surface area contributed by atoms with E-state index >= 15 is 0 Å². The number of nitrogens with one attached hydrogen (secondary N) is 1. The third-order valence-corrected chi connectivity index (χ3v) is 1.68. The highest BCUT2D eigenvalue weighted by molar-refractivity contribution is 5.84. The molecule has 0 saturated carbocycles. The number of hydrogen-bond donors (Lipinski definition) is 1. The van der Waals surface area contributed by atoms with Crippen LogP contribution < -0.4 is 5.32 Å². The summed E-state index contributed by atoms with van der Waals surface area (Å²) in [6.07, 6.45) is 1.26. The molecule has 1 N–H and O–H groups in total. The Morgan fingerprint density at radius 3 is 2.64 bits per heavy atom. The molecule has 5 nitrogen and oxygen atoms in total. The number of ether oxygens (including phenoxy) is 1. The number of rotatable bonds is 5. The van der Waals surface area contributed by atoms with Gasteiger partial charge in [0.1, 0.15) is 12.5 Å². The monoisotopic (exact) mass is 198 g/mol. The Hall–Kier alpha value is -1.57. The van der Waals surface area contributed by atoms with Crippen LogP contribution in [0.4, 0.5) is 0 Å². The summed E-state index contributed by atoms with van der Waals surface area (Å²) in [5, 5.41) is 11.0. The fourth-order valence-corrected chi connectivity index (χ4v) is 0.898. The zero-order chi connectivity index (χ0) is 11.0. The van der Waals surface area contributed by atoms with Gasteiger partial charge in [-0.05, 0) is 6.42 Å². The van der Waals surface area contributed by atoms with Gasteiger partial charge in [-0.1, -0.05) is 13.3 Å². The molecule has 0 aromatic heterocycles. The van der Waals surface area contributed by atoms with Gasteiger partial charge in [-0.2, -0.15) is 5.26 Å². The number of carbonyl (C=O) groups excluding carboxylic acids is 2. The maximum absolute atomic E-state index is 11.2. The molecule has 0 heterocycles. The van der Waals surface area contributed by atoms with Crippen LogP contribution in [0.15, 0.2) is 0 Å². The second-order valence-corrected chi connectivity index (χ2v) is 2.76. The predicted molar refractivity (Wildman–Crippen MR) is 49.0 cm³/mol. The summed E-state index contributed by atoms with van der Waals surface area (Å²) in [5.41, 5.74) is 0. The number of nitriles is 1. The van der Waals surface area contributed by atoms with E-state index in [1.807, 2.05) is 13.0 Å². The number of hydrogen-bond acceptors (Lipinski definition) is 4. The molecule has 0 radical (unpaired) electrons. The molecule has 0 aliphatic rings. The van der Waals surface area contributed by atoms with Crippen LogP contribution in [0.5, 0.6) is 0 Å². The molecular formula is C9H14N2O3. The van der Waals surface area contributed by atoms with Crippen molar-refractivity contribution in [3.8, 4) is 6.07 Å². The molecular weight excluding hydrogens is 184 g/mol. The minimum absolute atomic E-state index is 0.183. The summed E-state index contributed by atoms with van der Waals surface area (Å²) >= 11 is 0. The molecule has 0 fully saturated rings. The highest BCUT2D eigenvalue weighted by atomic mass is 16.5. The number of nitrogens with zero attached hydrogens (tertiary/aromatic N) is 1. The highest BCUT2D eigenvalue weighted by Crippen LogP contribution is 2.04. The molecule has 0 aliphatic carbocycles. The first kappa shape index (κ1) is 12.4. The maximum Gasteiger partial charge on any atom is 0.325 e. The van der Waals surface area contributed by atoms with Crippen molar-refractivity contribution >= 4 is 11.9 Å². The minimum Gasteiger partial charge on any atom is -0.468 e. The SMILES string of the molecule is CCCC(C#N)C(=O)NCC(=O)OC. The number of amides is 1. The summed E-state index contributed by atoms with van der Waals surface area (Å²) in [5.74, 6) is -1.61. The van der Waals surface area contributed by atoms with Crippen LogP contribution in [0, 0.1) is 17.2 Å². The quantitative estimate of drug-likeness (QED) is 0.641. The zero-order valence-electron chi connectivity index (χ0n) is 8.37. The van der Waals surface area contributed by atoms with E-state index in [0.29, 0.717) is 6.42 Å². The van der Waals surface area contributed by atoms with Gasteiger partial charge in [0.25, 0.3) is 0 Å². The number of methoxy groups -OCH3 is 1. The summed E-state index contributed by atoms with van der Waals surface area (Å²) in [6, 6.07) is 1.88. The van der Waals surface area contributed by atoms with Crippen molar-refractivity contribution in [2.75, 3.05) is 13.7 Å². The Labute approximate surface area is 83.0 Å². The minimum atomic E-state index is -0.676. The van der Waals surface area contributed by atoms with Gasteiger partial charge >= 0.3 is 5.97 Å². The third-order valence-electron chi connectivity index (χ3n) is 1.68. The topological polar surface area (TPSA) is 79.2 Å². The van der Waals surface area contributed by atoms with Gasteiger partial charge in [0.05, 0.1) is 13.2 Å². The summed E-state index contributed by atoms with van der Waals surface area (Å²) in [7, 11) is 1.24. The Bertz CT molecular complexity index is 245.